The zero-order valence-electron chi connectivity index (χ0n) is 17.8. The Bertz CT molecular complexity index is 461. The van der Waals surface area contributed by atoms with Gasteiger partial charge in [0.15, 0.2) is 0 Å². The highest BCUT2D eigenvalue weighted by Crippen LogP contribution is 2.23. The molecule has 6 nitrogen and oxygen atoms in total. The molecule has 6 heteroatoms. The van der Waals surface area contributed by atoms with Gasteiger partial charge in [-0.05, 0) is 0 Å². The highest BCUT2D eigenvalue weighted by atomic mass is 16.5. The molecule has 0 aromatic rings. The smallest absolute Gasteiger partial charge is 0.330 e. The van der Waals surface area contributed by atoms with E-state index < -0.39 is 11.9 Å². The Balaban J connectivity index is 4.18. The largest absolute Gasteiger partial charge is 0.462 e. The molecular weight excluding hydrogens is 348 g/mol. The quantitative estimate of drug-likeness (QED) is 0.337. The highest BCUT2D eigenvalue weighted by Gasteiger charge is 2.26. The Hall–Kier alpha value is -1.66. The summed E-state index contributed by atoms with van der Waals surface area (Å²) in [6.07, 6.45) is 2.30. The number of hydrogen-bond donors (Lipinski definition) is 0. The van der Waals surface area contributed by atoms with E-state index in [1.807, 2.05) is 27.7 Å². The van der Waals surface area contributed by atoms with Gasteiger partial charge in [0.2, 0.25) is 0 Å². The second kappa shape index (κ2) is 11.2. The minimum Gasteiger partial charge on any atom is -0.462 e. The van der Waals surface area contributed by atoms with E-state index >= 15 is 0 Å². The fraction of sp³-hybridized carbons (Fsp3) is 0.714. The maximum atomic E-state index is 11.2. The molecule has 0 saturated carbocycles. The number of carbonyl (C=O) groups is 2. The Labute approximate surface area is 163 Å². The van der Waals surface area contributed by atoms with Crippen LogP contribution in [0.25, 0.3) is 0 Å². The molecule has 0 N–H and O–H groups in total. The van der Waals surface area contributed by atoms with Crippen molar-refractivity contribution in [2.45, 2.75) is 41.5 Å². The number of ether oxygens (including phenoxy) is 4. The number of hydrogen-bond acceptors (Lipinski definition) is 6. The van der Waals surface area contributed by atoms with Gasteiger partial charge in [0.25, 0.3) is 0 Å². The fourth-order valence-corrected chi connectivity index (χ4v) is 1.98. The van der Waals surface area contributed by atoms with Gasteiger partial charge in [-0.25, -0.2) is 9.59 Å². The van der Waals surface area contributed by atoms with Crippen molar-refractivity contribution in [1.82, 2.24) is 0 Å². The molecule has 0 aliphatic heterocycles. The molecule has 0 spiro atoms. The summed E-state index contributed by atoms with van der Waals surface area (Å²) in [6, 6.07) is 0. The summed E-state index contributed by atoms with van der Waals surface area (Å²) in [6.45, 7) is 21.2. The van der Waals surface area contributed by atoms with Gasteiger partial charge in [0.05, 0.1) is 39.6 Å². The van der Waals surface area contributed by atoms with Gasteiger partial charge in [-0.2, -0.15) is 0 Å². The molecule has 0 saturated heterocycles. The molecule has 0 fully saturated rings. The predicted octanol–water partition coefficient (Wildman–Crippen LogP) is 3.56. The van der Waals surface area contributed by atoms with Crippen molar-refractivity contribution in [3.05, 3.63) is 25.3 Å². The van der Waals surface area contributed by atoms with Crippen molar-refractivity contribution in [2.75, 3.05) is 39.6 Å². The second-order valence-corrected chi connectivity index (χ2v) is 9.10. The van der Waals surface area contributed by atoms with Gasteiger partial charge in [0.1, 0.15) is 0 Å². The van der Waals surface area contributed by atoms with Crippen molar-refractivity contribution in [1.29, 1.82) is 0 Å². The number of carbonyl (C=O) groups excluding carboxylic acids is 2. The van der Waals surface area contributed by atoms with Crippen molar-refractivity contribution in [2.24, 2.45) is 16.2 Å². The second-order valence-electron chi connectivity index (χ2n) is 9.10. The summed E-state index contributed by atoms with van der Waals surface area (Å²) in [4.78, 5) is 22.3. The fourth-order valence-electron chi connectivity index (χ4n) is 1.98. The zero-order chi connectivity index (χ0) is 21.1. The predicted molar refractivity (Wildman–Crippen MR) is 105 cm³/mol. The molecule has 0 amide bonds. The Morgan fingerprint density at radius 2 is 0.889 bits per heavy atom. The van der Waals surface area contributed by atoms with E-state index in [4.69, 9.17) is 18.9 Å². The third kappa shape index (κ3) is 13.2. The van der Waals surface area contributed by atoms with Crippen LogP contribution >= 0.6 is 0 Å². The average Bonchev–Trinajstić information content (AvgIpc) is 2.56. The summed E-state index contributed by atoms with van der Waals surface area (Å²) in [5.74, 6) is -0.864. The lowest BCUT2D eigenvalue weighted by Gasteiger charge is -2.30. The first-order valence-electron chi connectivity index (χ1n) is 9.06. The third-order valence-corrected chi connectivity index (χ3v) is 3.51. The SMILES string of the molecule is C=CC(=O)OCC(C)(C)COCC(C)(C)COCC(C)(C)COC(=O)C=C. The monoisotopic (exact) mass is 384 g/mol. The molecule has 0 aromatic heterocycles. The third-order valence-electron chi connectivity index (χ3n) is 3.51. The van der Waals surface area contributed by atoms with E-state index in [0.717, 1.165) is 12.2 Å². The maximum Gasteiger partial charge on any atom is 0.330 e. The van der Waals surface area contributed by atoms with Gasteiger partial charge < -0.3 is 18.9 Å². The van der Waals surface area contributed by atoms with Gasteiger partial charge in [0, 0.05) is 28.4 Å². The molecular formula is C21H36O6. The lowest BCUT2D eigenvalue weighted by atomic mass is 9.93. The Kier molecular flexibility index (Phi) is 10.6. The first-order valence-corrected chi connectivity index (χ1v) is 9.06. The summed E-state index contributed by atoms with van der Waals surface area (Å²) >= 11 is 0. The molecule has 156 valence electrons. The molecule has 0 aromatic carbocycles. The zero-order valence-corrected chi connectivity index (χ0v) is 17.8. The van der Waals surface area contributed by atoms with Crippen LogP contribution in [-0.4, -0.2) is 51.6 Å². The van der Waals surface area contributed by atoms with Crippen LogP contribution in [0.3, 0.4) is 0 Å². The highest BCUT2D eigenvalue weighted by molar-refractivity contribution is 5.81. The van der Waals surface area contributed by atoms with Crippen LogP contribution in [0, 0.1) is 16.2 Å². The summed E-state index contributed by atoms with van der Waals surface area (Å²) in [5.41, 5.74) is -0.749. The van der Waals surface area contributed by atoms with Crippen LogP contribution in [0.15, 0.2) is 25.3 Å². The van der Waals surface area contributed by atoms with Gasteiger partial charge in [-0.1, -0.05) is 54.7 Å². The van der Waals surface area contributed by atoms with E-state index in [0.29, 0.717) is 26.4 Å². The van der Waals surface area contributed by atoms with Crippen LogP contribution in [0.5, 0.6) is 0 Å². The van der Waals surface area contributed by atoms with Crippen molar-refractivity contribution in [3.8, 4) is 0 Å². The van der Waals surface area contributed by atoms with E-state index in [-0.39, 0.29) is 29.5 Å². The molecule has 27 heavy (non-hydrogen) atoms. The molecule has 0 heterocycles. The summed E-state index contributed by atoms with van der Waals surface area (Å²) < 4.78 is 21.8. The van der Waals surface area contributed by atoms with Crippen LogP contribution in [0.2, 0.25) is 0 Å². The normalized spacial score (nSPS) is 12.4. The molecule has 0 bridgehead atoms. The van der Waals surface area contributed by atoms with Crippen LogP contribution in [0.4, 0.5) is 0 Å². The number of esters is 2. The lowest BCUT2D eigenvalue weighted by Crippen LogP contribution is -2.33. The first kappa shape index (κ1) is 25.3. The standard InChI is InChI=1S/C21H36O6/c1-9-17(22)26-15-20(5,6)13-24-11-19(3,4)12-25-14-21(7,8)16-27-18(23)10-2/h9-10H,1-2,11-16H2,3-8H3. The minimum absolute atomic E-state index is 0.179. The molecule has 0 rings (SSSR count). The van der Waals surface area contributed by atoms with Crippen molar-refractivity contribution >= 4 is 11.9 Å². The first-order chi connectivity index (χ1) is 12.3. The van der Waals surface area contributed by atoms with Crippen molar-refractivity contribution < 1.29 is 28.5 Å². The van der Waals surface area contributed by atoms with Crippen LogP contribution < -0.4 is 0 Å². The Morgan fingerprint density at radius 1 is 0.630 bits per heavy atom. The van der Waals surface area contributed by atoms with E-state index in [1.165, 1.54) is 0 Å². The topological polar surface area (TPSA) is 71.1 Å². The Morgan fingerprint density at radius 3 is 1.15 bits per heavy atom. The molecule has 0 unspecified atom stereocenters. The molecule has 0 atom stereocenters. The van der Waals surface area contributed by atoms with E-state index in [2.05, 4.69) is 27.0 Å². The summed E-state index contributed by atoms with van der Waals surface area (Å²) in [5, 5.41) is 0. The van der Waals surface area contributed by atoms with Gasteiger partial charge >= 0.3 is 11.9 Å². The van der Waals surface area contributed by atoms with Gasteiger partial charge in [-0.3, -0.25) is 0 Å². The van der Waals surface area contributed by atoms with Crippen LogP contribution in [0.1, 0.15) is 41.5 Å². The minimum atomic E-state index is -0.432. The lowest BCUT2D eigenvalue weighted by molar-refractivity contribution is -0.142. The van der Waals surface area contributed by atoms with E-state index in [9.17, 15) is 9.59 Å². The average molecular weight is 385 g/mol. The van der Waals surface area contributed by atoms with Crippen molar-refractivity contribution in [3.63, 3.8) is 0 Å². The molecule has 0 aliphatic rings. The maximum absolute atomic E-state index is 11.2. The van der Waals surface area contributed by atoms with E-state index in [1.54, 1.807) is 0 Å². The number of rotatable bonds is 14. The summed E-state index contributed by atoms with van der Waals surface area (Å²) in [7, 11) is 0. The molecule has 0 radical (unpaired) electrons. The van der Waals surface area contributed by atoms with Gasteiger partial charge in [-0.15, -0.1) is 0 Å². The molecule has 0 aliphatic carbocycles. The van der Waals surface area contributed by atoms with Crippen LogP contribution in [-0.2, 0) is 28.5 Å².